The molecule has 0 aliphatic rings. The number of amides is 4. The summed E-state index contributed by atoms with van der Waals surface area (Å²) in [7, 11) is 0. The van der Waals surface area contributed by atoms with Crippen molar-refractivity contribution in [2.24, 2.45) is 17.4 Å². The van der Waals surface area contributed by atoms with Gasteiger partial charge < -0.3 is 37.6 Å². The second kappa shape index (κ2) is 14.6. The van der Waals surface area contributed by atoms with Gasteiger partial charge in [0, 0.05) is 6.42 Å². The third kappa shape index (κ3) is 10.8. The van der Waals surface area contributed by atoms with Crippen LogP contribution in [0, 0.1) is 5.92 Å². The number of aliphatic carboxylic acids is 1. The Hall–Kier alpha value is -2.38. The smallest absolute Gasteiger partial charge is 0.326 e. The van der Waals surface area contributed by atoms with E-state index in [0.717, 1.165) is 0 Å². The molecule has 0 aliphatic heterocycles. The second-order valence-electron chi connectivity index (χ2n) is 7.74. The number of hydrogen-bond donors (Lipinski definition) is 7. The van der Waals surface area contributed by atoms with Gasteiger partial charge in [-0.3, -0.25) is 19.2 Å². The van der Waals surface area contributed by atoms with E-state index >= 15 is 0 Å². The number of carboxylic acid groups (broad SMARTS) is 1. The van der Waals surface area contributed by atoms with Crippen molar-refractivity contribution in [2.75, 3.05) is 12.0 Å². The third-order valence-electron chi connectivity index (χ3n) is 4.61. The average Bonchev–Trinajstić information content (AvgIpc) is 2.70. The number of hydrogen-bond acceptors (Lipinski definition) is 8. The molecule has 13 heteroatoms. The number of nitrogens with two attached hydrogens (primary N) is 2. The Kier molecular flexibility index (Phi) is 13.5. The first-order chi connectivity index (χ1) is 14.8. The lowest BCUT2D eigenvalue weighted by molar-refractivity contribution is -0.143. The molecular formula is C19H35N5O7S. The Morgan fingerprint density at radius 1 is 0.906 bits per heavy atom. The lowest BCUT2D eigenvalue weighted by Gasteiger charge is -2.26. The van der Waals surface area contributed by atoms with Crippen LogP contribution in [-0.2, 0) is 24.0 Å². The van der Waals surface area contributed by atoms with Crippen LogP contribution in [-0.4, -0.2) is 82.1 Å². The molecule has 0 rings (SSSR count). The van der Waals surface area contributed by atoms with Gasteiger partial charge in [0.15, 0.2) is 0 Å². The predicted octanol–water partition coefficient (Wildman–Crippen LogP) is -2.09. The summed E-state index contributed by atoms with van der Waals surface area (Å²) in [5.74, 6) is -4.14. The lowest BCUT2D eigenvalue weighted by Crippen LogP contribution is -2.58. The fourth-order valence-electron chi connectivity index (χ4n) is 2.59. The van der Waals surface area contributed by atoms with Crippen LogP contribution < -0.4 is 27.4 Å². The van der Waals surface area contributed by atoms with Crippen LogP contribution >= 0.6 is 11.8 Å². The zero-order valence-electron chi connectivity index (χ0n) is 18.8. The highest BCUT2D eigenvalue weighted by Gasteiger charge is 2.31. The van der Waals surface area contributed by atoms with Crippen molar-refractivity contribution in [3.05, 3.63) is 0 Å². The Labute approximate surface area is 191 Å². The minimum absolute atomic E-state index is 0.159. The molecule has 0 fully saturated rings. The summed E-state index contributed by atoms with van der Waals surface area (Å²) in [4.78, 5) is 60.3. The number of nitrogens with one attached hydrogen (secondary N) is 3. The molecule has 0 aromatic heterocycles. The minimum Gasteiger partial charge on any atom is -0.480 e. The highest BCUT2D eigenvalue weighted by Crippen LogP contribution is 2.07. The van der Waals surface area contributed by atoms with E-state index in [4.69, 9.17) is 11.5 Å². The van der Waals surface area contributed by atoms with Crippen molar-refractivity contribution in [1.82, 2.24) is 16.0 Å². The first-order valence-electron chi connectivity index (χ1n) is 10.2. The second-order valence-corrected chi connectivity index (χ2v) is 8.73. The average molecular weight is 478 g/mol. The van der Waals surface area contributed by atoms with Crippen LogP contribution in [0.4, 0.5) is 0 Å². The van der Waals surface area contributed by atoms with E-state index in [0.29, 0.717) is 5.75 Å². The maximum Gasteiger partial charge on any atom is 0.326 e. The zero-order valence-corrected chi connectivity index (χ0v) is 19.6. The number of primary amides is 1. The van der Waals surface area contributed by atoms with Gasteiger partial charge in [0.1, 0.15) is 24.2 Å². The van der Waals surface area contributed by atoms with E-state index in [-0.39, 0.29) is 19.3 Å². The summed E-state index contributed by atoms with van der Waals surface area (Å²) in [6, 6.07) is -4.78. The molecule has 0 heterocycles. The molecule has 0 spiro atoms. The summed E-state index contributed by atoms with van der Waals surface area (Å²) in [5, 5.41) is 26.1. The summed E-state index contributed by atoms with van der Waals surface area (Å²) < 4.78 is 0. The van der Waals surface area contributed by atoms with Crippen LogP contribution in [0.2, 0.25) is 0 Å². The number of carbonyl (C=O) groups excluding carboxylic acids is 4. The fraction of sp³-hybridized carbons (Fsp3) is 0.737. The van der Waals surface area contributed by atoms with E-state index < -0.39 is 65.8 Å². The number of thioether (sulfide) groups is 1. The van der Waals surface area contributed by atoms with Crippen molar-refractivity contribution in [3.8, 4) is 0 Å². The zero-order chi connectivity index (χ0) is 25.0. The third-order valence-corrected chi connectivity index (χ3v) is 5.25. The van der Waals surface area contributed by atoms with E-state index in [1.165, 1.54) is 18.7 Å². The van der Waals surface area contributed by atoms with Crippen LogP contribution in [0.5, 0.6) is 0 Å². The summed E-state index contributed by atoms with van der Waals surface area (Å²) in [5.41, 5.74) is 10.8. The van der Waals surface area contributed by atoms with Crippen molar-refractivity contribution >= 4 is 41.4 Å². The molecule has 184 valence electrons. The topological polar surface area (TPSA) is 214 Å². The maximum absolute atomic E-state index is 12.8. The van der Waals surface area contributed by atoms with Gasteiger partial charge in [-0.15, -0.1) is 0 Å². The number of aliphatic hydroxyl groups excluding tert-OH is 1. The Morgan fingerprint density at radius 3 is 1.84 bits per heavy atom. The number of carboxylic acids is 1. The molecule has 12 nitrogen and oxygen atoms in total. The van der Waals surface area contributed by atoms with Crippen molar-refractivity contribution in [1.29, 1.82) is 0 Å². The number of carbonyl (C=O) groups is 5. The number of aliphatic hydroxyl groups is 1. The highest BCUT2D eigenvalue weighted by molar-refractivity contribution is 7.98. The predicted molar refractivity (Wildman–Crippen MR) is 119 cm³/mol. The Balaban J connectivity index is 5.53. The SMILES string of the molecule is CSCCC(NC(=O)C(N)C(C)O)C(=O)NC(CCC(N)=O)C(=O)NC(C(=O)O)C(C)C. The molecule has 5 unspecified atom stereocenters. The van der Waals surface area contributed by atoms with Crippen LogP contribution in [0.1, 0.15) is 40.0 Å². The molecule has 0 aliphatic carbocycles. The largest absolute Gasteiger partial charge is 0.480 e. The summed E-state index contributed by atoms with van der Waals surface area (Å²) in [6.45, 7) is 4.55. The van der Waals surface area contributed by atoms with E-state index in [1.54, 1.807) is 20.1 Å². The minimum atomic E-state index is -1.25. The lowest BCUT2D eigenvalue weighted by atomic mass is 10.0. The van der Waals surface area contributed by atoms with Gasteiger partial charge in [0.25, 0.3) is 0 Å². The number of rotatable bonds is 15. The summed E-state index contributed by atoms with van der Waals surface area (Å²) >= 11 is 1.43. The van der Waals surface area contributed by atoms with Crippen LogP contribution in [0.25, 0.3) is 0 Å². The van der Waals surface area contributed by atoms with Gasteiger partial charge in [0.2, 0.25) is 23.6 Å². The quantitative estimate of drug-likeness (QED) is 0.137. The molecule has 0 bridgehead atoms. The monoisotopic (exact) mass is 477 g/mol. The molecule has 0 aromatic rings. The maximum atomic E-state index is 12.8. The molecule has 0 saturated heterocycles. The van der Waals surface area contributed by atoms with Crippen molar-refractivity contribution in [3.63, 3.8) is 0 Å². The van der Waals surface area contributed by atoms with E-state index in [1.807, 2.05) is 0 Å². The normalized spacial score (nSPS) is 15.7. The van der Waals surface area contributed by atoms with Gasteiger partial charge in [-0.1, -0.05) is 13.8 Å². The molecule has 9 N–H and O–H groups in total. The molecular weight excluding hydrogens is 442 g/mol. The molecule has 0 radical (unpaired) electrons. The molecule has 4 amide bonds. The fourth-order valence-corrected chi connectivity index (χ4v) is 3.06. The van der Waals surface area contributed by atoms with E-state index in [9.17, 15) is 34.2 Å². The molecule has 0 aromatic carbocycles. The van der Waals surface area contributed by atoms with Gasteiger partial charge in [-0.2, -0.15) is 11.8 Å². The van der Waals surface area contributed by atoms with Gasteiger partial charge >= 0.3 is 5.97 Å². The summed E-state index contributed by atoms with van der Waals surface area (Å²) in [6.07, 6.45) is 0.482. The highest BCUT2D eigenvalue weighted by atomic mass is 32.2. The van der Waals surface area contributed by atoms with E-state index in [2.05, 4.69) is 16.0 Å². The first kappa shape index (κ1) is 29.6. The Morgan fingerprint density at radius 2 is 1.41 bits per heavy atom. The first-order valence-corrected chi connectivity index (χ1v) is 11.6. The molecule has 0 saturated carbocycles. The van der Waals surface area contributed by atoms with Crippen molar-refractivity contribution in [2.45, 2.75) is 70.3 Å². The Bertz CT molecular complexity index is 674. The van der Waals surface area contributed by atoms with Gasteiger partial charge in [0.05, 0.1) is 6.10 Å². The van der Waals surface area contributed by atoms with Gasteiger partial charge in [-0.05, 0) is 37.7 Å². The molecule has 32 heavy (non-hydrogen) atoms. The standard InChI is InChI=1S/C19H35N5O7S/c1-9(2)15(19(30)31)24-17(28)11(5-6-13(20)26)22-16(27)12(7-8-32-4)23-18(29)14(21)10(3)25/h9-12,14-15,25H,5-8,21H2,1-4H3,(H2,20,26)(H,22,27)(H,23,29)(H,24,28)(H,30,31). The molecule has 5 atom stereocenters. The van der Waals surface area contributed by atoms with Crippen molar-refractivity contribution < 1.29 is 34.2 Å². The van der Waals surface area contributed by atoms with Crippen LogP contribution in [0.15, 0.2) is 0 Å². The van der Waals surface area contributed by atoms with Crippen LogP contribution in [0.3, 0.4) is 0 Å². The van der Waals surface area contributed by atoms with Gasteiger partial charge in [-0.25, -0.2) is 4.79 Å².